The molecule has 1 N–H and O–H groups in total. The molecule has 1 heteroatoms. The zero-order chi connectivity index (χ0) is 8.18. The Bertz CT molecular complexity index is 183. The van der Waals surface area contributed by atoms with Crippen LogP contribution in [0.3, 0.4) is 0 Å². The maximum atomic E-state index is 10.3. The second-order valence-corrected chi connectivity index (χ2v) is 5.14. The summed E-state index contributed by atoms with van der Waals surface area (Å²) in [5, 5.41) is 10.3. The Morgan fingerprint density at radius 1 is 1.00 bits per heavy atom. The highest BCUT2D eigenvalue weighted by Gasteiger charge is 2.64. The van der Waals surface area contributed by atoms with Crippen molar-refractivity contribution in [2.75, 3.05) is 0 Å². The standard InChI is InChI=1S/C11H18O/c12-11(7-8-5-6-8)9-3-1-2-4-10(9)11/h8-10,12H,1-7H2. The van der Waals surface area contributed by atoms with Gasteiger partial charge in [0.25, 0.3) is 0 Å². The Balaban J connectivity index is 1.67. The predicted molar refractivity (Wildman–Crippen MR) is 47.7 cm³/mol. The van der Waals surface area contributed by atoms with Gasteiger partial charge >= 0.3 is 0 Å². The number of fused-ring (bicyclic) bond motifs is 1. The predicted octanol–water partition coefficient (Wildman–Crippen LogP) is 2.34. The molecule has 68 valence electrons. The van der Waals surface area contributed by atoms with Gasteiger partial charge in [0.2, 0.25) is 0 Å². The summed E-state index contributed by atoms with van der Waals surface area (Å²) in [6.45, 7) is 0. The van der Waals surface area contributed by atoms with Crippen LogP contribution in [0.4, 0.5) is 0 Å². The Hall–Kier alpha value is -0.0400. The molecule has 0 aromatic carbocycles. The summed E-state index contributed by atoms with van der Waals surface area (Å²) >= 11 is 0. The smallest absolute Gasteiger partial charge is 0.0713 e. The van der Waals surface area contributed by atoms with Crippen molar-refractivity contribution in [2.24, 2.45) is 17.8 Å². The van der Waals surface area contributed by atoms with E-state index in [0.29, 0.717) is 11.8 Å². The molecule has 0 aromatic heterocycles. The van der Waals surface area contributed by atoms with Gasteiger partial charge in [-0.3, -0.25) is 0 Å². The van der Waals surface area contributed by atoms with Crippen LogP contribution < -0.4 is 0 Å². The summed E-state index contributed by atoms with van der Waals surface area (Å²) < 4.78 is 0. The van der Waals surface area contributed by atoms with Crippen LogP contribution in [-0.2, 0) is 0 Å². The number of hydrogen-bond acceptors (Lipinski definition) is 1. The first kappa shape index (κ1) is 7.37. The summed E-state index contributed by atoms with van der Waals surface area (Å²) in [5.74, 6) is 2.33. The van der Waals surface area contributed by atoms with Crippen molar-refractivity contribution in [1.29, 1.82) is 0 Å². The fourth-order valence-electron chi connectivity index (χ4n) is 3.31. The zero-order valence-electron chi connectivity index (χ0n) is 7.63. The molecule has 0 radical (unpaired) electrons. The molecule has 0 bridgehead atoms. The van der Waals surface area contributed by atoms with E-state index in [4.69, 9.17) is 0 Å². The van der Waals surface area contributed by atoms with Crippen molar-refractivity contribution >= 4 is 0 Å². The molecule has 1 nitrogen and oxygen atoms in total. The van der Waals surface area contributed by atoms with Crippen LogP contribution in [0, 0.1) is 17.8 Å². The highest BCUT2D eigenvalue weighted by molar-refractivity contribution is 5.14. The number of rotatable bonds is 2. The van der Waals surface area contributed by atoms with E-state index in [0.717, 1.165) is 12.3 Å². The van der Waals surface area contributed by atoms with Crippen molar-refractivity contribution in [1.82, 2.24) is 0 Å². The van der Waals surface area contributed by atoms with Crippen molar-refractivity contribution in [3.05, 3.63) is 0 Å². The van der Waals surface area contributed by atoms with Gasteiger partial charge < -0.3 is 5.11 Å². The topological polar surface area (TPSA) is 20.2 Å². The van der Waals surface area contributed by atoms with Gasteiger partial charge in [0.1, 0.15) is 0 Å². The monoisotopic (exact) mass is 166 g/mol. The molecule has 0 spiro atoms. The largest absolute Gasteiger partial charge is 0.389 e. The Labute approximate surface area is 74.2 Å². The van der Waals surface area contributed by atoms with E-state index in [-0.39, 0.29) is 5.60 Å². The van der Waals surface area contributed by atoms with Gasteiger partial charge in [0.05, 0.1) is 5.60 Å². The fraction of sp³-hybridized carbons (Fsp3) is 1.00. The van der Waals surface area contributed by atoms with Crippen LogP contribution in [0.15, 0.2) is 0 Å². The Kier molecular flexibility index (Phi) is 1.39. The van der Waals surface area contributed by atoms with E-state index >= 15 is 0 Å². The molecule has 3 rings (SSSR count). The van der Waals surface area contributed by atoms with Gasteiger partial charge in [-0.05, 0) is 37.0 Å². The van der Waals surface area contributed by atoms with Crippen molar-refractivity contribution in [2.45, 2.75) is 50.5 Å². The molecule has 3 aliphatic rings. The summed E-state index contributed by atoms with van der Waals surface area (Å²) in [7, 11) is 0. The minimum atomic E-state index is -0.169. The molecule has 2 atom stereocenters. The first-order valence-corrected chi connectivity index (χ1v) is 5.53. The van der Waals surface area contributed by atoms with Gasteiger partial charge in [-0.1, -0.05) is 25.7 Å². The van der Waals surface area contributed by atoms with E-state index in [1.165, 1.54) is 38.5 Å². The molecule has 0 heterocycles. The average molecular weight is 166 g/mol. The lowest BCUT2D eigenvalue weighted by Gasteiger charge is -2.08. The van der Waals surface area contributed by atoms with E-state index in [9.17, 15) is 5.11 Å². The van der Waals surface area contributed by atoms with Crippen LogP contribution in [0.2, 0.25) is 0 Å². The zero-order valence-corrected chi connectivity index (χ0v) is 7.63. The van der Waals surface area contributed by atoms with E-state index in [2.05, 4.69) is 0 Å². The highest BCUT2D eigenvalue weighted by atomic mass is 16.3. The van der Waals surface area contributed by atoms with Crippen molar-refractivity contribution in [3.8, 4) is 0 Å². The number of hydrogen-bond donors (Lipinski definition) is 1. The van der Waals surface area contributed by atoms with Gasteiger partial charge in [-0.15, -0.1) is 0 Å². The molecule has 0 amide bonds. The average Bonchev–Trinajstić information content (AvgIpc) is 2.96. The third-order valence-corrected chi connectivity index (χ3v) is 4.25. The molecule has 0 aliphatic heterocycles. The van der Waals surface area contributed by atoms with E-state index in [1.807, 2.05) is 0 Å². The van der Waals surface area contributed by atoms with Gasteiger partial charge in [-0.25, -0.2) is 0 Å². The SMILES string of the molecule is OC1(CC2CC2)C2CCCCC21. The van der Waals surface area contributed by atoms with Gasteiger partial charge in [0, 0.05) is 0 Å². The Morgan fingerprint density at radius 3 is 2.08 bits per heavy atom. The molecule has 2 unspecified atom stereocenters. The second kappa shape index (κ2) is 2.25. The van der Waals surface area contributed by atoms with E-state index < -0.39 is 0 Å². The second-order valence-electron chi connectivity index (χ2n) is 5.14. The van der Waals surface area contributed by atoms with Gasteiger partial charge in [0.15, 0.2) is 0 Å². The number of aliphatic hydroxyl groups is 1. The lowest BCUT2D eigenvalue weighted by molar-refractivity contribution is 0.102. The third-order valence-electron chi connectivity index (χ3n) is 4.25. The molecule has 0 saturated heterocycles. The van der Waals surface area contributed by atoms with E-state index in [1.54, 1.807) is 0 Å². The maximum Gasteiger partial charge on any atom is 0.0713 e. The quantitative estimate of drug-likeness (QED) is 0.667. The summed E-state index contributed by atoms with van der Waals surface area (Å²) in [6.07, 6.45) is 9.29. The molecule has 3 fully saturated rings. The first-order chi connectivity index (χ1) is 5.81. The Morgan fingerprint density at radius 2 is 1.58 bits per heavy atom. The van der Waals surface area contributed by atoms with Crippen LogP contribution in [0.5, 0.6) is 0 Å². The molecular formula is C11H18O. The van der Waals surface area contributed by atoms with Crippen LogP contribution in [0.25, 0.3) is 0 Å². The normalized spacial score (nSPS) is 51.8. The summed E-state index contributed by atoms with van der Waals surface area (Å²) in [5.41, 5.74) is -0.169. The van der Waals surface area contributed by atoms with Gasteiger partial charge in [-0.2, -0.15) is 0 Å². The van der Waals surface area contributed by atoms with Crippen LogP contribution in [-0.4, -0.2) is 10.7 Å². The molecule has 0 aromatic rings. The molecule has 3 saturated carbocycles. The summed E-state index contributed by atoms with van der Waals surface area (Å²) in [6, 6.07) is 0. The fourth-order valence-corrected chi connectivity index (χ4v) is 3.31. The lowest BCUT2D eigenvalue weighted by Crippen LogP contribution is -2.13. The van der Waals surface area contributed by atoms with Crippen molar-refractivity contribution < 1.29 is 5.11 Å². The van der Waals surface area contributed by atoms with Crippen LogP contribution >= 0.6 is 0 Å². The molecule has 3 aliphatic carbocycles. The first-order valence-electron chi connectivity index (χ1n) is 5.53. The molecular weight excluding hydrogens is 148 g/mol. The lowest BCUT2D eigenvalue weighted by atomic mass is 10.0. The minimum absolute atomic E-state index is 0.169. The molecule has 12 heavy (non-hydrogen) atoms. The third kappa shape index (κ3) is 0.953. The van der Waals surface area contributed by atoms with Crippen molar-refractivity contribution in [3.63, 3.8) is 0 Å². The highest BCUT2D eigenvalue weighted by Crippen LogP contribution is 2.62. The minimum Gasteiger partial charge on any atom is -0.389 e. The van der Waals surface area contributed by atoms with Crippen LogP contribution in [0.1, 0.15) is 44.9 Å². The maximum absolute atomic E-state index is 10.3. The summed E-state index contributed by atoms with van der Waals surface area (Å²) in [4.78, 5) is 0.